The van der Waals surface area contributed by atoms with E-state index in [4.69, 9.17) is 0 Å². The summed E-state index contributed by atoms with van der Waals surface area (Å²) in [6.45, 7) is 0. The van der Waals surface area contributed by atoms with Gasteiger partial charge in [0.25, 0.3) is 0 Å². The van der Waals surface area contributed by atoms with E-state index in [9.17, 15) is 10.5 Å². The summed E-state index contributed by atoms with van der Waals surface area (Å²) in [5.41, 5.74) is 11.8. The van der Waals surface area contributed by atoms with Crippen LogP contribution in [0.25, 0.3) is 93.6 Å². The van der Waals surface area contributed by atoms with Gasteiger partial charge in [0.15, 0.2) is 0 Å². The lowest BCUT2D eigenvalue weighted by molar-refractivity contribution is 1.10. The Bertz CT molecular complexity index is 3170. The van der Waals surface area contributed by atoms with Gasteiger partial charge in [-0.15, -0.1) is 0 Å². The van der Waals surface area contributed by atoms with Crippen LogP contribution in [0.5, 0.6) is 0 Å². The van der Waals surface area contributed by atoms with E-state index in [1.165, 1.54) is 10.8 Å². The Morgan fingerprint density at radius 1 is 0.345 bits per heavy atom. The van der Waals surface area contributed by atoms with Crippen molar-refractivity contribution in [3.8, 4) is 40.3 Å². The molecule has 0 saturated carbocycles. The maximum atomic E-state index is 10.8. The van der Waals surface area contributed by atoms with E-state index in [1.807, 2.05) is 12.1 Å². The van der Waals surface area contributed by atoms with Crippen LogP contribution in [0.3, 0.4) is 0 Å². The van der Waals surface area contributed by atoms with Gasteiger partial charge >= 0.3 is 0 Å². The molecular formula is C50H29N5. The first-order valence-electron chi connectivity index (χ1n) is 18.3. The molecule has 11 aromatic rings. The van der Waals surface area contributed by atoms with Gasteiger partial charge in [-0.1, -0.05) is 115 Å². The van der Waals surface area contributed by atoms with Gasteiger partial charge in [-0.2, -0.15) is 10.5 Å². The maximum Gasteiger partial charge on any atom is 0.0998 e. The van der Waals surface area contributed by atoms with Crippen LogP contribution in [0.1, 0.15) is 11.1 Å². The fourth-order valence-electron chi connectivity index (χ4n) is 8.84. The standard InChI is InChI=1S/C50H29N5/c51-30-32-25-26-35(33(27-32)31-52)50-48(54-44-21-9-3-15-38(44)39-16-4-10-22-45(39)54)28-34(53-42-19-7-1-13-36(42)37-14-2-8-20-43(37)53)29-49(50)55-46-23-11-5-17-40(46)41-18-6-12-24-47(41)55/h1-29H. The van der Waals surface area contributed by atoms with Gasteiger partial charge in [-0.05, 0) is 60.7 Å². The Morgan fingerprint density at radius 2 is 0.691 bits per heavy atom. The average Bonchev–Trinajstić information content (AvgIpc) is 3.89. The number of rotatable bonds is 4. The van der Waals surface area contributed by atoms with Crippen LogP contribution in [0, 0.1) is 22.7 Å². The smallest absolute Gasteiger partial charge is 0.0998 e. The van der Waals surface area contributed by atoms with E-state index in [2.05, 4.69) is 184 Å². The summed E-state index contributed by atoms with van der Waals surface area (Å²) in [5, 5.41) is 27.7. The molecule has 8 aromatic carbocycles. The maximum absolute atomic E-state index is 10.8. The van der Waals surface area contributed by atoms with Crippen LogP contribution in [-0.2, 0) is 0 Å². The monoisotopic (exact) mass is 699 g/mol. The molecule has 0 atom stereocenters. The quantitative estimate of drug-likeness (QED) is 0.184. The van der Waals surface area contributed by atoms with Crippen molar-refractivity contribution in [3.63, 3.8) is 0 Å². The molecule has 0 aliphatic carbocycles. The molecule has 5 heteroatoms. The summed E-state index contributed by atoms with van der Waals surface area (Å²) in [5.74, 6) is 0. The number of hydrogen-bond donors (Lipinski definition) is 0. The Hall–Kier alpha value is -7.86. The molecular weight excluding hydrogens is 671 g/mol. The molecule has 0 N–H and O–H groups in total. The summed E-state index contributed by atoms with van der Waals surface area (Å²) < 4.78 is 7.08. The molecule has 0 saturated heterocycles. The third-order valence-corrected chi connectivity index (χ3v) is 11.1. The van der Waals surface area contributed by atoms with Crippen LogP contribution in [0.4, 0.5) is 0 Å². The molecule has 0 aliphatic heterocycles. The summed E-state index contributed by atoms with van der Waals surface area (Å²) in [4.78, 5) is 0. The second-order valence-electron chi connectivity index (χ2n) is 14.0. The minimum atomic E-state index is 0.438. The first kappa shape index (κ1) is 30.7. The van der Waals surface area contributed by atoms with Gasteiger partial charge < -0.3 is 13.7 Å². The van der Waals surface area contributed by atoms with Crippen molar-refractivity contribution in [2.24, 2.45) is 0 Å². The van der Waals surface area contributed by atoms with Gasteiger partial charge in [-0.3, -0.25) is 0 Å². The van der Waals surface area contributed by atoms with Gasteiger partial charge in [0, 0.05) is 43.4 Å². The predicted octanol–water partition coefficient (Wildman–Crippen LogP) is 12.4. The molecule has 55 heavy (non-hydrogen) atoms. The molecule has 0 radical (unpaired) electrons. The molecule has 254 valence electrons. The van der Waals surface area contributed by atoms with Crippen LogP contribution >= 0.6 is 0 Å². The number of aromatic nitrogens is 3. The predicted molar refractivity (Wildman–Crippen MR) is 224 cm³/mol. The number of para-hydroxylation sites is 6. The van der Waals surface area contributed by atoms with E-state index in [1.54, 1.807) is 6.07 Å². The highest BCUT2D eigenvalue weighted by Gasteiger charge is 2.26. The lowest BCUT2D eigenvalue weighted by atomic mass is 9.94. The largest absolute Gasteiger partial charge is 0.309 e. The van der Waals surface area contributed by atoms with Gasteiger partial charge in [0.2, 0.25) is 0 Å². The minimum Gasteiger partial charge on any atom is -0.309 e. The minimum absolute atomic E-state index is 0.438. The zero-order valence-electron chi connectivity index (χ0n) is 29.5. The molecule has 3 aromatic heterocycles. The van der Waals surface area contributed by atoms with Gasteiger partial charge in [-0.25, -0.2) is 0 Å². The Labute approximate surface area is 316 Å². The zero-order chi connectivity index (χ0) is 36.6. The molecule has 0 fully saturated rings. The van der Waals surface area contributed by atoms with Crippen molar-refractivity contribution in [2.75, 3.05) is 0 Å². The summed E-state index contributed by atoms with van der Waals surface area (Å²) >= 11 is 0. The fourth-order valence-corrected chi connectivity index (χ4v) is 8.84. The molecule has 0 bridgehead atoms. The van der Waals surface area contributed by atoms with Crippen molar-refractivity contribution in [3.05, 3.63) is 187 Å². The van der Waals surface area contributed by atoms with Crippen LogP contribution < -0.4 is 0 Å². The first-order valence-corrected chi connectivity index (χ1v) is 18.3. The lowest BCUT2D eigenvalue weighted by Crippen LogP contribution is -2.07. The molecule has 5 nitrogen and oxygen atoms in total. The summed E-state index contributed by atoms with van der Waals surface area (Å²) in [7, 11) is 0. The molecule has 0 amide bonds. The first-order chi connectivity index (χ1) is 27.2. The second kappa shape index (κ2) is 11.8. The second-order valence-corrected chi connectivity index (χ2v) is 14.0. The third kappa shape index (κ3) is 4.39. The van der Waals surface area contributed by atoms with Gasteiger partial charge in [0.1, 0.15) is 0 Å². The lowest BCUT2D eigenvalue weighted by Gasteiger charge is -2.23. The molecule has 3 heterocycles. The molecule has 0 aliphatic rings. The zero-order valence-corrected chi connectivity index (χ0v) is 29.5. The molecule has 0 unspecified atom stereocenters. The fraction of sp³-hybridized carbons (Fsp3) is 0. The van der Waals surface area contributed by atoms with Crippen LogP contribution in [0.2, 0.25) is 0 Å². The van der Waals surface area contributed by atoms with Gasteiger partial charge in [0.05, 0.1) is 73.4 Å². The number of benzene rings is 8. The highest BCUT2D eigenvalue weighted by molar-refractivity contribution is 6.13. The Morgan fingerprint density at radius 3 is 1.04 bits per heavy atom. The van der Waals surface area contributed by atoms with Crippen molar-refractivity contribution in [2.45, 2.75) is 0 Å². The topological polar surface area (TPSA) is 62.4 Å². The number of fused-ring (bicyclic) bond motifs is 9. The van der Waals surface area contributed by atoms with Crippen LogP contribution in [-0.4, -0.2) is 13.7 Å². The van der Waals surface area contributed by atoms with Crippen molar-refractivity contribution in [1.82, 2.24) is 13.7 Å². The Balaban J connectivity index is 1.41. The van der Waals surface area contributed by atoms with E-state index in [0.717, 1.165) is 82.8 Å². The van der Waals surface area contributed by atoms with Crippen LogP contribution in [0.15, 0.2) is 176 Å². The highest BCUT2D eigenvalue weighted by atomic mass is 15.0. The third-order valence-electron chi connectivity index (χ3n) is 11.1. The van der Waals surface area contributed by atoms with Crippen molar-refractivity contribution < 1.29 is 0 Å². The molecule has 11 rings (SSSR count). The van der Waals surface area contributed by atoms with E-state index in [-0.39, 0.29) is 0 Å². The Kier molecular flexibility index (Phi) is 6.61. The average molecular weight is 700 g/mol. The number of hydrogen-bond acceptors (Lipinski definition) is 2. The summed E-state index contributed by atoms with van der Waals surface area (Å²) in [6.07, 6.45) is 0. The molecule has 0 spiro atoms. The normalized spacial score (nSPS) is 11.6. The van der Waals surface area contributed by atoms with E-state index < -0.39 is 0 Å². The highest BCUT2D eigenvalue weighted by Crippen LogP contribution is 2.45. The number of nitrogens with zero attached hydrogens (tertiary/aromatic N) is 5. The van der Waals surface area contributed by atoms with E-state index >= 15 is 0 Å². The number of nitriles is 2. The summed E-state index contributed by atoms with van der Waals surface area (Å²) in [6, 6.07) is 66.1. The van der Waals surface area contributed by atoms with Crippen molar-refractivity contribution in [1.29, 1.82) is 10.5 Å². The SMILES string of the molecule is N#Cc1ccc(-c2c(-n3c4ccccc4c4ccccc43)cc(-n3c4ccccc4c4ccccc43)cc2-n2c3ccccc3c3ccccc32)c(C#N)c1. The van der Waals surface area contributed by atoms with Crippen molar-refractivity contribution >= 4 is 65.4 Å². The van der Waals surface area contributed by atoms with E-state index in [0.29, 0.717) is 11.1 Å².